The van der Waals surface area contributed by atoms with Gasteiger partial charge in [-0.3, -0.25) is 19.2 Å². The van der Waals surface area contributed by atoms with E-state index in [1.54, 1.807) is 12.2 Å². The molecule has 0 aromatic carbocycles. The van der Waals surface area contributed by atoms with Crippen molar-refractivity contribution in [1.82, 2.24) is 0 Å². The van der Waals surface area contributed by atoms with Gasteiger partial charge in [0.25, 0.3) is 0 Å². The van der Waals surface area contributed by atoms with Crippen LogP contribution in [-0.2, 0) is 42.9 Å². The van der Waals surface area contributed by atoms with E-state index >= 15 is 0 Å². The van der Waals surface area contributed by atoms with Crippen molar-refractivity contribution in [3.63, 3.8) is 0 Å². The molecule has 4 rings (SSSR count). The van der Waals surface area contributed by atoms with E-state index in [1.807, 2.05) is 27.7 Å². The van der Waals surface area contributed by atoms with Crippen LogP contribution in [0.15, 0.2) is 24.3 Å². The van der Waals surface area contributed by atoms with Crippen LogP contribution in [0.3, 0.4) is 0 Å². The van der Waals surface area contributed by atoms with Gasteiger partial charge in [-0.25, -0.2) is 0 Å². The van der Waals surface area contributed by atoms with Crippen molar-refractivity contribution in [3.05, 3.63) is 24.3 Å². The van der Waals surface area contributed by atoms with Crippen molar-refractivity contribution >= 4 is 35.5 Å². The van der Waals surface area contributed by atoms with Gasteiger partial charge < -0.3 is 28.8 Å². The van der Waals surface area contributed by atoms with Gasteiger partial charge >= 0.3 is 23.9 Å². The van der Waals surface area contributed by atoms with Crippen LogP contribution < -0.4 is 0 Å². The number of allylic oxidation sites excluding steroid dienone is 1. The highest BCUT2D eigenvalue weighted by Crippen LogP contribution is 2.62. The third-order valence-corrected chi connectivity index (χ3v) is 9.75. The Balaban J connectivity index is 1.95. The van der Waals surface area contributed by atoms with Gasteiger partial charge in [0, 0.05) is 37.0 Å². The number of alkyl halides is 1. The molecule has 0 amide bonds. The van der Waals surface area contributed by atoms with Crippen molar-refractivity contribution in [2.45, 2.75) is 115 Å². The Bertz CT molecular complexity index is 1120. The van der Waals surface area contributed by atoms with Crippen LogP contribution in [-0.4, -0.2) is 76.6 Å². The normalized spacial score (nSPS) is 43.9. The number of epoxide rings is 1. The minimum absolute atomic E-state index is 0.171. The van der Waals surface area contributed by atoms with Gasteiger partial charge in [0.15, 0.2) is 11.7 Å². The highest BCUT2D eigenvalue weighted by Gasteiger charge is 2.75. The van der Waals surface area contributed by atoms with Crippen molar-refractivity contribution in [1.29, 1.82) is 0 Å². The number of ether oxygens (including phenoxy) is 5. The van der Waals surface area contributed by atoms with E-state index in [0.29, 0.717) is 18.4 Å². The molecule has 228 valence electrons. The van der Waals surface area contributed by atoms with Gasteiger partial charge in [-0.2, -0.15) is 0 Å². The Morgan fingerprint density at radius 3 is 2.27 bits per heavy atom. The van der Waals surface area contributed by atoms with Crippen LogP contribution in [0, 0.1) is 23.2 Å². The predicted molar refractivity (Wildman–Crippen MR) is 146 cm³/mol. The molecular weight excluding hydrogens is 556 g/mol. The molecular formula is C30H41ClO10. The van der Waals surface area contributed by atoms with E-state index in [0.717, 1.165) is 0 Å². The van der Waals surface area contributed by atoms with E-state index in [9.17, 15) is 24.3 Å². The molecule has 12 unspecified atom stereocenters. The number of rotatable bonds is 7. The molecule has 41 heavy (non-hydrogen) atoms. The maximum absolute atomic E-state index is 13.0. The van der Waals surface area contributed by atoms with Crippen LogP contribution in [0.1, 0.15) is 67.2 Å². The number of carbonyl (C=O) groups excluding carboxylic acids is 4. The lowest BCUT2D eigenvalue weighted by atomic mass is 9.54. The SMILES string of the molecule is C=C1/C=C/C(OC(=O)CCC)C2(C)C3OC3C(OC(=O)CCC)C(C)C2C(OC(C)=O)C2(O)C(C)C(=O)OC2C1Cl. The van der Waals surface area contributed by atoms with Crippen molar-refractivity contribution in [2.75, 3.05) is 0 Å². The van der Waals surface area contributed by atoms with E-state index in [-0.39, 0.29) is 12.8 Å². The zero-order valence-electron chi connectivity index (χ0n) is 24.5. The first kappa shape index (κ1) is 31.5. The van der Waals surface area contributed by atoms with Crippen LogP contribution in [0.25, 0.3) is 0 Å². The first-order valence-electron chi connectivity index (χ1n) is 14.4. The molecule has 11 heteroatoms. The fourth-order valence-corrected chi connectivity index (χ4v) is 7.37. The third-order valence-electron chi connectivity index (χ3n) is 9.24. The summed E-state index contributed by atoms with van der Waals surface area (Å²) >= 11 is 6.78. The fourth-order valence-electron chi connectivity index (χ4n) is 7.05. The molecule has 4 aliphatic rings. The second-order valence-electron chi connectivity index (χ2n) is 12.0. The summed E-state index contributed by atoms with van der Waals surface area (Å²) in [6, 6.07) is 0. The van der Waals surface area contributed by atoms with E-state index in [2.05, 4.69) is 6.58 Å². The average Bonchev–Trinajstić information content (AvgIpc) is 3.67. The second kappa shape index (κ2) is 11.7. The van der Waals surface area contributed by atoms with Crippen LogP contribution in [0.2, 0.25) is 0 Å². The number of hydrogen-bond donors (Lipinski definition) is 1. The molecule has 3 fully saturated rings. The summed E-state index contributed by atoms with van der Waals surface area (Å²) in [6.45, 7) is 14.1. The van der Waals surface area contributed by atoms with Crippen LogP contribution in [0.4, 0.5) is 0 Å². The number of carbonyl (C=O) groups is 4. The van der Waals surface area contributed by atoms with Crippen LogP contribution >= 0.6 is 11.6 Å². The number of esters is 4. The Morgan fingerprint density at radius 1 is 1.07 bits per heavy atom. The minimum atomic E-state index is -2.11. The molecule has 2 heterocycles. The quantitative estimate of drug-likeness (QED) is 0.201. The molecule has 0 spiro atoms. The Morgan fingerprint density at radius 2 is 1.68 bits per heavy atom. The summed E-state index contributed by atoms with van der Waals surface area (Å²) < 4.78 is 29.7. The van der Waals surface area contributed by atoms with Gasteiger partial charge in [0.05, 0.1) is 17.4 Å². The highest BCUT2D eigenvalue weighted by molar-refractivity contribution is 6.23. The lowest BCUT2D eigenvalue weighted by Gasteiger charge is -2.54. The third kappa shape index (κ3) is 5.31. The molecule has 0 radical (unpaired) electrons. The van der Waals surface area contributed by atoms with Gasteiger partial charge in [-0.1, -0.05) is 40.3 Å². The Hall–Kier alpha value is -2.43. The standard InChI is InChI=1S/C30H41ClO10/c1-8-10-19(33)38-18-13-12-14(3)22(31)26-30(36,16(5)28(35)41-26)25(37-17(6)32)21-15(4)23(39-20(34)11-9-2)24-27(40-24)29(18,21)7/h12-13,15-16,18,21-27,36H,3,8-11H2,1-2,4-7H3/b13-12+. The van der Waals surface area contributed by atoms with Crippen molar-refractivity contribution in [3.8, 4) is 0 Å². The van der Waals surface area contributed by atoms with Gasteiger partial charge in [0.2, 0.25) is 0 Å². The zero-order chi connectivity index (χ0) is 30.4. The summed E-state index contributed by atoms with van der Waals surface area (Å²) in [5.41, 5.74) is -2.91. The second-order valence-corrected chi connectivity index (χ2v) is 12.4. The molecule has 2 aliphatic heterocycles. The van der Waals surface area contributed by atoms with E-state index in [1.165, 1.54) is 13.8 Å². The van der Waals surface area contributed by atoms with Crippen LogP contribution in [0.5, 0.6) is 0 Å². The molecule has 2 aliphatic carbocycles. The molecule has 0 bridgehead atoms. The van der Waals surface area contributed by atoms with Gasteiger partial charge in [0.1, 0.15) is 24.4 Å². The molecule has 10 nitrogen and oxygen atoms in total. The topological polar surface area (TPSA) is 138 Å². The highest BCUT2D eigenvalue weighted by atomic mass is 35.5. The lowest BCUT2D eigenvalue weighted by molar-refractivity contribution is -0.222. The largest absolute Gasteiger partial charge is 0.459 e. The average molecular weight is 597 g/mol. The molecule has 1 saturated carbocycles. The molecule has 12 atom stereocenters. The first-order chi connectivity index (χ1) is 19.2. The number of hydrogen-bond acceptors (Lipinski definition) is 10. The summed E-state index contributed by atoms with van der Waals surface area (Å²) in [6.07, 6.45) is -0.690. The predicted octanol–water partition coefficient (Wildman–Crippen LogP) is 3.41. The zero-order valence-corrected chi connectivity index (χ0v) is 25.2. The minimum Gasteiger partial charge on any atom is -0.459 e. The molecule has 0 aromatic heterocycles. The van der Waals surface area contributed by atoms with Gasteiger partial charge in [-0.05, 0) is 31.4 Å². The smallest absolute Gasteiger partial charge is 0.312 e. The Labute approximate surface area is 245 Å². The number of fused-ring (bicyclic) bond motifs is 4. The maximum atomic E-state index is 13.0. The van der Waals surface area contributed by atoms with Crippen molar-refractivity contribution < 1.29 is 48.0 Å². The summed E-state index contributed by atoms with van der Waals surface area (Å²) in [5.74, 6) is -4.85. The van der Waals surface area contributed by atoms with Crippen molar-refractivity contribution in [2.24, 2.45) is 23.2 Å². The molecule has 1 N–H and O–H groups in total. The fraction of sp³-hybridized carbons (Fsp3) is 0.733. The summed E-state index contributed by atoms with van der Waals surface area (Å²) in [5, 5.41) is 11.4. The number of aliphatic hydroxyl groups is 1. The molecule has 2 saturated heterocycles. The first-order valence-corrected chi connectivity index (χ1v) is 14.8. The number of halogens is 1. The Kier molecular flexibility index (Phi) is 8.98. The molecule has 0 aromatic rings. The summed E-state index contributed by atoms with van der Waals surface area (Å²) in [4.78, 5) is 51.2. The lowest BCUT2D eigenvalue weighted by Crippen LogP contribution is -2.68. The van der Waals surface area contributed by atoms with E-state index < -0.39 is 94.6 Å². The van der Waals surface area contributed by atoms with Gasteiger partial charge in [-0.15, -0.1) is 11.6 Å². The maximum Gasteiger partial charge on any atom is 0.312 e. The van der Waals surface area contributed by atoms with E-state index in [4.69, 9.17) is 35.3 Å². The summed E-state index contributed by atoms with van der Waals surface area (Å²) in [7, 11) is 0. The monoisotopic (exact) mass is 596 g/mol.